The first-order valence-corrected chi connectivity index (χ1v) is 8.72. The van der Waals surface area contributed by atoms with Gasteiger partial charge in [-0.1, -0.05) is 18.1 Å². The van der Waals surface area contributed by atoms with Crippen LogP contribution in [-0.2, 0) is 21.6 Å². The fraction of sp³-hybridized carbons (Fsp3) is 0.381. The third kappa shape index (κ3) is 27.5. The Morgan fingerprint density at radius 2 is 1.67 bits per heavy atom. The normalized spacial score (nSPS) is 10.4. The van der Waals surface area contributed by atoms with Gasteiger partial charge in [-0.05, 0) is 39.8 Å². The van der Waals surface area contributed by atoms with Crippen LogP contribution in [0.3, 0.4) is 0 Å². The maximum Gasteiger partial charge on any atom is 3.00 e. The molecule has 0 radical (unpaired) electrons. The minimum atomic E-state index is 0. The topological polar surface area (TPSA) is 133 Å². The smallest absolute Gasteiger partial charge is 0.792 e. The molecule has 0 aliphatic rings. The predicted molar refractivity (Wildman–Crippen MR) is 118 cm³/mol. The number of pyridine rings is 1. The Bertz CT molecular complexity index is 650. The zero-order chi connectivity index (χ0) is 23.1. The van der Waals surface area contributed by atoms with Gasteiger partial charge in [0.15, 0.2) is 0 Å². The molecule has 2 N–H and O–H groups in total. The SMILES string of the molecule is C/C(C=O)=C(\C)N[O-].CC(=N\[O-])/C(C)=N/O.CC[C-]=C=C(C)C.[Co+3].c1ccncc1. The second-order valence-electron chi connectivity index (χ2n) is 5.57. The maximum absolute atomic E-state index is 9.87. The molecule has 1 aromatic rings. The molecule has 0 unspecified atom stereocenters. The summed E-state index contributed by atoms with van der Waals surface area (Å²) in [4.78, 5) is 13.7. The Morgan fingerprint density at radius 3 is 1.80 bits per heavy atom. The fourth-order valence-corrected chi connectivity index (χ4v) is 0.885. The van der Waals surface area contributed by atoms with Crippen LogP contribution in [0.1, 0.15) is 54.9 Å². The molecule has 1 aromatic heterocycles. The van der Waals surface area contributed by atoms with Crippen LogP contribution in [0.15, 0.2) is 63.5 Å². The van der Waals surface area contributed by atoms with Crippen LogP contribution < -0.4 is 5.48 Å². The summed E-state index contributed by atoms with van der Waals surface area (Å²) in [5.74, 6) is 0. The van der Waals surface area contributed by atoms with E-state index >= 15 is 0 Å². The number of carbonyl (C=O) groups is 1. The van der Waals surface area contributed by atoms with Gasteiger partial charge in [-0.15, -0.1) is 20.3 Å². The predicted octanol–water partition coefficient (Wildman–Crippen LogP) is 4.76. The number of carbonyl (C=O) groups excluding carboxylic acids is 1. The number of rotatable bonds is 4. The molecule has 0 atom stereocenters. The molecule has 8 nitrogen and oxygen atoms in total. The molecule has 0 saturated heterocycles. The van der Waals surface area contributed by atoms with E-state index in [0.717, 1.165) is 6.42 Å². The molecule has 1 rings (SSSR count). The average Bonchev–Trinajstić information content (AvgIpc) is 2.77. The molecule has 0 saturated carbocycles. The van der Waals surface area contributed by atoms with Crippen LogP contribution in [0, 0.1) is 16.5 Å². The van der Waals surface area contributed by atoms with Gasteiger partial charge in [0.05, 0.1) is 11.4 Å². The summed E-state index contributed by atoms with van der Waals surface area (Å²) in [6.07, 6.45) is 8.06. The van der Waals surface area contributed by atoms with Crippen molar-refractivity contribution < 1.29 is 26.8 Å². The molecule has 0 fully saturated rings. The molecule has 1 heterocycles. The molecule has 0 aliphatic heterocycles. The minimum Gasteiger partial charge on any atom is -0.792 e. The third-order valence-electron chi connectivity index (χ3n) is 2.81. The fourth-order valence-electron chi connectivity index (χ4n) is 0.885. The van der Waals surface area contributed by atoms with Gasteiger partial charge in [-0.25, -0.2) is 6.08 Å². The second-order valence-corrected chi connectivity index (χ2v) is 5.57. The maximum atomic E-state index is 9.87. The van der Waals surface area contributed by atoms with Crippen LogP contribution >= 0.6 is 0 Å². The van der Waals surface area contributed by atoms with Crippen molar-refractivity contribution in [2.45, 2.75) is 54.9 Å². The number of aromatic nitrogens is 1. The number of hydrogen-bond donors (Lipinski definition) is 2. The minimum absolute atomic E-state index is 0. The van der Waals surface area contributed by atoms with Crippen molar-refractivity contribution in [3.8, 4) is 0 Å². The standard InChI is InChI=1S/C7H11.C5H8NO2.C5H5N.C4H8N2O2.Co/c1-4-5-6-7(2)3;1-4(3-7)5(2)6-8;1-2-4-6-5-3-1;1-3(5-7)4(2)6-8;/h4H2,1-3H3;3,6H,1-2H3;1-5H;7-8H,1-2H3;/q2*-1;;;+3/p-1/b;5-4-;;5-3+,6-4+;. The zero-order valence-electron chi connectivity index (χ0n) is 18.5. The van der Waals surface area contributed by atoms with Gasteiger partial charge < -0.3 is 32.0 Å². The monoisotopic (exact) mass is 462 g/mol. The molecule has 30 heavy (non-hydrogen) atoms. The van der Waals surface area contributed by atoms with E-state index in [4.69, 9.17) is 5.21 Å². The van der Waals surface area contributed by atoms with Crippen LogP contribution in [0.4, 0.5) is 0 Å². The van der Waals surface area contributed by atoms with Gasteiger partial charge >= 0.3 is 16.8 Å². The van der Waals surface area contributed by atoms with E-state index in [1.165, 1.54) is 19.4 Å². The summed E-state index contributed by atoms with van der Waals surface area (Å²) in [5, 5.41) is 32.7. The number of hydroxylamine groups is 1. The Labute approximate surface area is 190 Å². The van der Waals surface area contributed by atoms with E-state index in [1.807, 2.05) is 32.0 Å². The van der Waals surface area contributed by atoms with Crippen LogP contribution in [-0.4, -0.2) is 27.9 Å². The number of oxime groups is 1. The van der Waals surface area contributed by atoms with Crippen molar-refractivity contribution in [1.29, 1.82) is 0 Å². The van der Waals surface area contributed by atoms with Crippen LogP contribution in [0.25, 0.3) is 0 Å². The van der Waals surface area contributed by atoms with Gasteiger partial charge in [-0.2, -0.15) is 5.57 Å². The molecule has 0 bridgehead atoms. The van der Waals surface area contributed by atoms with E-state index in [2.05, 4.69) is 34.0 Å². The van der Waals surface area contributed by atoms with E-state index in [1.54, 1.807) is 31.7 Å². The third-order valence-corrected chi connectivity index (χ3v) is 2.81. The summed E-state index contributed by atoms with van der Waals surface area (Å²) in [5.41, 5.74) is 7.04. The molecule has 0 aliphatic carbocycles. The van der Waals surface area contributed by atoms with Gasteiger partial charge in [0.1, 0.15) is 6.29 Å². The van der Waals surface area contributed by atoms with E-state index in [-0.39, 0.29) is 28.2 Å². The van der Waals surface area contributed by atoms with Crippen molar-refractivity contribution in [3.63, 3.8) is 0 Å². The number of allylic oxidation sites excluding steroid dienone is 3. The largest absolute Gasteiger partial charge is 3.00 e. The van der Waals surface area contributed by atoms with Crippen LogP contribution in [0.5, 0.6) is 0 Å². The Balaban J connectivity index is -0.000000149. The van der Waals surface area contributed by atoms with E-state index in [9.17, 15) is 15.2 Å². The number of hydrogen-bond acceptors (Lipinski definition) is 8. The van der Waals surface area contributed by atoms with Crippen molar-refractivity contribution in [2.75, 3.05) is 0 Å². The first-order chi connectivity index (χ1) is 13.7. The first kappa shape index (κ1) is 34.8. The van der Waals surface area contributed by atoms with Gasteiger partial charge in [0.2, 0.25) is 0 Å². The molecular weight excluding hydrogens is 431 g/mol. The Hall–Kier alpha value is -2.71. The van der Waals surface area contributed by atoms with Gasteiger partial charge in [-0.3, -0.25) is 9.78 Å². The Kier molecular flexibility index (Phi) is 30.5. The first-order valence-electron chi connectivity index (χ1n) is 8.72. The summed E-state index contributed by atoms with van der Waals surface area (Å²) in [6, 6.07) is 5.72. The number of aldehydes is 1. The zero-order valence-corrected chi connectivity index (χ0v) is 19.6. The number of nitrogens with one attached hydrogen (secondary N) is 1. The quantitative estimate of drug-likeness (QED) is 0.126. The van der Waals surface area contributed by atoms with Crippen LogP contribution in [0.2, 0.25) is 0 Å². The summed E-state index contributed by atoms with van der Waals surface area (Å²) in [6.45, 7) is 12.2. The second kappa shape index (κ2) is 26.3. The van der Waals surface area contributed by atoms with E-state index < -0.39 is 0 Å². The van der Waals surface area contributed by atoms with Gasteiger partial charge in [0, 0.05) is 23.7 Å². The van der Waals surface area contributed by atoms with E-state index in [0.29, 0.717) is 17.6 Å². The average molecular weight is 462 g/mol. The molecule has 9 heteroatoms. The van der Waals surface area contributed by atoms with Crippen molar-refractivity contribution in [3.05, 3.63) is 69.7 Å². The van der Waals surface area contributed by atoms with Crippen molar-refractivity contribution in [2.24, 2.45) is 10.3 Å². The number of nitrogens with zero attached hydrogens (tertiary/aromatic N) is 3. The van der Waals surface area contributed by atoms with Crippen molar-refractivity contribution >= 4 is 17.7 Å². The molecule has 0 aromatic carbocycles. The molecule has 0 amide bonds. The summed E-state index contributed by atoms with van der Waals surface area (Å²) in [7, 11) is 0. The Morgan fingerprint density at radius 1 is 1.13 bits per heavy atom. The molecule has 0 spiro atoms. The van der Waals surface area contributed by atoms with Crippen molar-refractivity contribution in [1.82, 2.24) is 10.5 Å². The molecular formula is C21H31CoN4O4. The molecule has 168 valence electrons. The van der Waals surface area contributed by atoms with Gasteiger partial charge in [0.25, 0.3) is 0 Å². The summed E-state index contributed by atoms with van der Waals surface area (Å²) >= 11 is 0. The summed E-state index contributed by atoms with van der Waals surface area (Å²) < 4.78 is 0.